The molecule has 0 aromatic heterocycles. The molecule has 15 heavy (non-hydrogen) atoms. The lowest BCUT2D eigenvalue weighted by molar-refractivity contribution is 0.435. The van der Waals surface area contributed by atoms with E-state index in [1.807, 2.05) is 11.9 Å². The van der Waals surface area contributed by atoms with Gasteiger partial charge in [-0.2, -0.15) is 0 Å². The summed E-state index contributed by atoms with van der Waals surface area (Å²) in [5, 5.41) is 0. The second kappa shape index (κ2) is 7.68. The largest absolute Gasteiger partial charge is 0.313 e. The molecule has 0 aliphatic carbocycles. The second-order valence-corrected chi connectivity index (χ2v) is 8.08. The van der Waals surface area contributed by atoms with Crippen LogP contribution in [0.3, 0.4) is 0 Å². The van der Waals surface area contributed by atoms with Crippen LogP contribution >= 0.6 is 11.9 Å². The van der Waals surface area contributed by atoms with Gasteiger partial charge in [-0.25, -0.2) is 3.97 Å². The third-order valence-corrected chi connectivity index (χ3v) is 7.68. The van der Waals surface area contributed by atoms with E-state index in [1.54, 1.807) is 0 Å². The highest BCUT2D eigenvalue weighted by Gasteiger charge is 2.26. The van der Waals surface area contributed by atoms with Gasteiger partial charge in [0, 0.05) is 6.04 Å². The van der Waals surface area contributed by atoms with Gasteiger partial charge in [0.25, 0.3) is 9.28 Å². The average Bonchev–Trinajstić information content (AvgIpc) is 2.15. The van der Waals surface area contributed by atoms with E-state index in [9.17, 15) is 0 Å². The summed E-state index contributed by atoms with van der Waals surface area (Å²) < 4.78 is 5.00. The summed E-state index contributed by atoms with van der Waals surface area (Å²) in [6.45, 7) is 12.3. The van der Waals surface area contributed by atoms with Crippen LogP contribution in [0.4, 0.5) is 0 Å². The third kappa shape index (κ3) is 5.35. The van der Waals surface area contributed by atoms with Crippen molar-refractivity contribution in [2.75, 3.05) is 19.8 Å². The molecule has 0 rings (SSSR count). The molecule has 3 nitrogen and oxygen atoms in total. The molecule has 0 spiro atoms. The van der Waals surface area contributed by atoms with Crippen LogP contribution in [0.2, 0.25) is 0 Å². The van der Waals surface area contributed by atoms with E-state index < -0.39 is 9.28 Å². The zero-order valence-corrected chi connectivity index (χ0v) is 13.2. The van der Waals surface area contributed by atoms with Crippen LogP contribution in [-0.4, -0.2) is 49.7 Å². The maximum absolute atomic E-state index is 3.73. The Morgan fingerprint density at radius 3 is 2.07 bits per heavy atom. The van der Waals surface area contributed by atoms with Gasteiger partial charge in [0.05, 0.1) is 0 Å². The molecule has 0 bridgehead atoms. The molecular formula is C10H27N3SSi. The topological polar surface area (TPSA) is 18.5 Å². The summed E-state index contributed by atoms with van der Waals surface area (Å²) >= 11 is 1.86. The van der Waals surface area contributed by atoms with Crippen molar-refractivity contribution >= 4 is 21.2 Å². The van der Waals surface area contributed by atoms with Crippen LogP contribution in [0.1, 0.15) is 34.6 Å². The van der Waals surface area contributed by atoms with E-state index in [-0.39, 0.29) is 0 Å². The van der Waals surface area contributed by atoms with E-state index in [0.29, 0.717) is 12.1 Å². The van der Waals surface area contributed by atoms with Crippen LogP contribution in [0.15, 0.2) is 0 Å². The van der Waals surface area contributed by atoms with E-state index >= 15 is 0 Å². The molecule has 0 aromatic rings. The van der Waals surface area contributed by atoms with Crippen LogP contribution in [0, 0.1) is 0 Å². The first-order valence-electron chi connectivity index (χ1n) is 5.72. The third-order valence-electron chi connectivity index (χ3n) is 2.36. The normalized spacial score (nSPS) is 14.6. The molecule has 5 heteroatoms. The van der Waals surface area contributed by atoms with Crippen LogP contribution < -0.4 is 4.98 Å². The Kier molecular flexibility index (Phi) is 7.91. The molecule has 0 aliphatic heterocycles. The average molecular weight is 249 g/mol. The van der Waals surface area contributed by atoms with E-state index in [0.717, 1.165) is 6.54 Å². The van der Waals surface area contributed by atoms with Gasteiger partial charge >= 0.3 is 0 Å². The molecule has 0 aromatic carbocycles. The summed E-state index contributed by atoms with van der Waals surface area (Å²) in [5.41, 5.74) is 0. The molecule has 1 unspecified atom stereocenters. The van der Waals surface area contributed by atoms with Crippen molar-refractivity contribution in [1.29, 1.82) is 0 Å². The Morgan fingerprint density at radius 2 is 1.80 bits per heavy atom. The Morgan fingerprint density at radius 1 is 1.27 bits per heavy atom. The zero-order valence-electron chi connectivity index (χ0n) is 11.2. The van der Waals surface area contributed by atoms with E-state index in [4.69, 9.17) is 0 Å². The number of nitrogens with zero attached hydrogens (tertiary/aromatic N) is 2. The first-order valence-corrected chi connectivity index (χ1v) is 8.51. The van der Waals surface area contributed by atoms with E-state index in [2.05, 4.69) is 61.4 Å². The minimum Gasteiger partial charge on any atom is -0.313 e. The number of rotatable bonds is 7. The standard InChI is InChI=1S/C10H27N3SSi/c1-8-12(6)15(11-9(2)3)13(14-7)10(4)5/h9-11,15H,8H2,1-7H3. The van der Waals surface area contributed by atoms with Gasteiger partial charge in [-0.15, -0.1) is 0 Å². The molecule has 1 N–H and O–H groups in total. The number of hydrogen-bond acceptors (Lipinski definition) is 4. The second-order valence-electron chi connectivity index (χ2n) is 4.40. The van der Waals surface area contributed by atoms with Crippen molar-refractivity contribution in [2.24, 2.45) is 0 Å². The molecule has 92 valence electrons. The van der Waals surface area contributed by atoms with Gasteiger partial charge in [0.15, 0.2) is 0 Å². The number of nitrogens with one attached hydrogen (secondary N) is 1. The fraction of sp³-hybridized carbons (Fsp3) is 1.00. The quantitative estimate of drug-likeness (QED) is 0.546. The van der Waals surface area contributed by atoms with Crippen LogP contribution in [-0.2, 0) is 0 Å². The lowest BCUT2D eigenvalue weighted by Gasteiger charge is -2.38. The fourth-order valence-electron chi connectivity index (χ4n) is 1.46. The SMILES string of the molecule is CCN(C)[SiH](NC(C)C)N(SC)C(C)C. The molecular weight excluding hydrogens is 222 g/mol. The molecule has 0 heterocycles. The van der Waals surface area contributed by atoms with Gasteiger partial charge in [0.1, 0.15) is 0 Å². The molecule has 0 saturated carbocycles. The Hall–Kier alpha value is 0.447. The maximum atomic E-state index is 3.73. The molecule has 0 amide bonds. The molecule has 0 fully saturated rings. The minimum absolute atomic E-state index is 0.559. The van der Waals surface area contributed by atoms with Crippen molar-refractivity contribution in [2.45, 2.75) is 46.7 Å². The summed E-state index contributed by atoms with van der Waals surface area (Å²) in [4.78, 5) is 3.73. The van der Waals surface area contributed by atoms with Crippen LogP contribution in [0.5, 0.6) is 0 Å². The Bertz CT molecular complexity index is 167. The Labute approximate surface area is 102 Å². The van der Waals surface area contributed by atoms with Gasteiger partial charge < -0.3 is 9.55 Å². The lowest BCUT2D eigenvalue weighted by Crippen LogP contribution is -2.61. The smallest absolute Gasteiger partial charge is 0.280 e. The van der Waals surface area contributed by atoms with Crippen molar-refractivity contribution in [3.8, 4) is 0 Å². The van der Waals surface area contributed by atoms with Gasteiger partial charge in [-0.1, -0.05) is 32.7 Å². The first kappa shape index (κ1) is 15.4. The molecule has 0 saturated heterocycles. The fourth-order valence-corrected chi connectivity index (χ4v) is 5.64. The summed E-state index contributed by atoms with van der Waals surface area (Å²) in [5.74, 6) is 0. The summed E-state index contributed by atoms with van der Waals surface area (Å²) in [7, 11) is 1.04. The van der Waals surface area contributed by atoms with Crippen molar-refractivity contribution in [3.63, 3.8) is 0 Å². The van der Waals surface area contributed by atoms with Crippen molar-refractivity contribution in [1.82, 2.24) is 13.5 Å². The van der Waals surface area contributed by atoms with Crippen molar-refractivity contribution in [3.05, 3.63) is 0 Å². The summed E-state index contributed by atoms with van der Waals surface area (Å²) in [6, 6.07) is 1.15. The maximum Gasteiger partial charge on any atom is 0.280 e. The monoisotopic (exact) mass is 249 g/mol. The van der Waals surface area contributed by atoms with E-state index in [1.165, 1.54) is 0 Å². The Balaban J connectivity index is 4.57. The summed E-state index contributed by atoms with van der Waals surface area (Å²) in [6.07, 6.45) is 2.17. The number of hydrogen-bond donors (Lipinski definition) is 1. The van der Waals surface area contributed by atoms with Gasteiger partial charge in [-0.05, 0) is 39.7 Å². The van der Waals surface area contributed by atoms with Gasteiger partial charge in [0.2, 0.25) is 0 Å². The predicted molar refractivity (Wildman–Crippen MR) is 74.2 cm³/mol. The zero-order chi connectivity index (χ0) is 12.0. The molecule has 1 atom stereocenters. The predicted octanol–water partition coefficient (Wildman–Crippen LogP) is 1.64. The first-order chi connectivity index (χ1) is 6.93. The lowest BCUT2D eigenvalue weighted by atomic mass is 10.4. The van der Waals surface area contributed by atoms with Gasteiger partial charge in [-0.3, -0.25) is 0 Å². The minimum atomic E-state index is -1.18. The molecule has 0 radical (unpaired) electrons. The highest BCUT2D eigenvalue weighted by Crippen LogP contribution is 2.14. The highest BCUT2D eigenvalue weighted by atomic mass is 32.2. The molecule has 0 aliphatic rings. The van der Waals surface area contributed by atoms with Crippen LogP contribution in [0.25, 0.3) is 0 Å². The van der Waals surface area contributed by atoms with Crippen molar-refractivity contribution < 1.29 is 0 Å². The highest BCUT2D eigenvalue weighted by molar-refractivity contribution is 7.97.